The van der Waals surface area contributed by atoms with E-state index in [0.717, 1.165) is 24.5 Å². The summed E-state index contributed by atoms with van der Waals surface area (Å²) >= 11 is 0. The fourth-order valence-corrected chi connectivity index (χ4v) is 3.91. The molecule has 4 rings (SSSR count). The number of aromatic amines is 1. The predicted octanol–water partition coefficient (Wildman–Crippen LogP) is 1.85. The van der Waals surface area contributed by atoms with Gasteiger partial charge in [0, 0.05) is 24.2 Å². The number of fused-ring (bicyclic) bond motifs is 1. The molecule has 3 aliphatic rings. The first-order chi connectivity index (χ1) is 10.5. The highest BCUT2D eigenvalue weighted by Gasteiger charge is 2.49. The second-order valence-corrected chi connectivity index (χ2v) is 8.20. The van der Waals surface area contributed by atoms with Crippen LogP contribution in [0.2, 0.25) is 0 Å². The first-order valence-corrected chi connectivity index (χ1v) is 8.57. The summed E-state index contributed by atoms with van der Waals surface area (Å²) in [6.45, 7) is 8.64. The molecule has 0 radical (unpaired) electrons. The zero-order valence-corrected chi connectivity index (χ0v) is 13.7. The molecule has 0 unspecified atom stereocenters. The summed E-state index contributed by atoms with van der Waals surface area (Å²) in [6.07, 6.45) is 5.92. The van der Waals surface area contributed by atoms with Gasteiger partial charge in [0.2, 0.25) is 0 Å². The Morgan fingerprint density at radius 2 is 1.95 bits per heavy atom. The molecule has 1 saturated carbocycles. The average molecular weight is 302 g/mol. The summed E-state index contributed by atoms with van der Waals surface area (Å²) in [5.74, 6) is 1.04. The summed E-state index contributed by atoms with van der Waals surface area (Å²) in [5.41, 5.74) is 1.92. The molecule has 120 valence electrons. The van der Waals surface area contributed by atoms with Gasteiger partial charge in [-0.2, -0.15) is 0 Å². The zero-order valence-electron chi connectivity index (χ0n) is 13.7. The minimum absolute atomic E-state index is 0.0138. The third-order valence-corrected chi connectivity index (χ3v) is 5.46. The van der Waals surface area contributed by atoms with Crippen LogP contribution < -0.4 is 5.32 Å². The van der Waals surface area contributed by atoms with Crippen LogP contribution in [-0.4, -0.2) is 47.0 Å². The lowest BCUT2D eigenvalue weighted by molar-refractivity contribution is 0.0940. The molecule has 1 saturated heterocycles. The molecule has 2 fully saturated rings. The number of nitrogens with one attached hydrogen (secondary N) is 2. The largest absolute Gasteiger partial charge is 0.350 e. The Bertz CT molecular complexity index is 594. The number of hydrogen-bond acceptors (Lipinski definition) is 3. The SMILES string of the molecule is CC1(C)CNC(=O)c2nc(C3(CN4CCCC4)CC3)[nH]c2C1. The van der Waals surface area contributed by atoms with Gasteiger partial charge in [0.25, 0.3) is 5.91 Å². The topological polar surface area (TPSA) is 61.0 Å². The minimum Gasteiger partial charge on any atom is -0.350 e. The van der Waals surface area contributed by atoms with E-state index in [1.165, 1.54) is 38.8 Å². The number of likely N-dealkylation sites (tertiary alicyclic amines) is 1. The van der Waals surface area contributed by atoms with E-state index in [0.29, 0.717) is 12.2 Å². The van der Waals surface area contributed by atoms with Crippen LogP contribution >= 0.6 is 0 Å². The lowest BCUT2D eigenvalue weighted by Gasteiger charge is -2.23. The van der Waals surface area contributed by atoms with Crippen molar-refractivity contribution in [1.29, 1.82) is 0 Å². The molecule has 2 N–H and O–H groups in total. The quantitative estimate of drug-likeness (QED) is 0.896. The highest BCUT2D eigenvalue weighted by Crippen LogP contribution is 2.48. The molecule has 0 aromatic carbocycles. The van der Waals surface area contributed by atoms with Gasteiger partial charge in [-0.1, -0.05) is 13.8 Å². The summed E-state index contributed by atoms with van der Waals surface area (Å²) in [6, 6.07) is 0. The van der Waals surface area contributed by atoms with Crippen LogP contribution in [0.5, 0.6) is 0 Å². The van der Waals surface area contributed by atoms with Gasteiger partial charge >= 0.3 is 0 Å². The molecule has 0 atom stereocenters. The number of nitrogens with zero attached hydrogens (tertiary/aromatic N) is 2. The first kappa shape index (κ1) is 14.2. The minimum atomic E-state index is -0.0138. The summed E-state index contributed by atoms with van der Waals surface area (Å²) in [4.78, 5) is 23.1. The molecule has 1 aromatic heterocycles. The van der Waals surface area contributed by atoms with Gasteiger partial charge in [0.1, 0.15) is 11.5 Å². The smallest absolute Gasteiger partial charge is 0.271 e. The van der Waals surface area contributed by atoms with Crippen molar-refractivity contribution >= 4 is 5.91 Å². The zero-order chi connectivity index (χ0) is 15.4. The lowest BCUT2D eigenvalue weighted by Crippen LogP contribution is -2.33. The predicted molar refractivity (Wildman–Crippen MR) is 85.0 cm³/mol. The number of aromatic nitrogens is 2. The highest BCUT2D eigenvalue weighted by atomic mass is 16.1. The number of rotatable bonds is 3. The fraction of sp³-hybridized carbons (Fsp3) is 0.765. The van der Waals surface area contributed by atoms with Crippen LogP contribution in [0.15, 0.2) is 0 Å². The van der Waals surface area contributed by atoms with Crippen LogP contribution in [0.25, 0.3) is 0 Å². The third kappa shape index (κ3) is 2.45. The van der Waals surface area contributed by atoms with Crippen molar-refractivity contribution in [2.75, 3.05) is 26.2 Å². The van der Waals surface area contributed by atoms with Crippen molar-refractivity contribution in [3.05, 3.63) is 17.2 Å². The molecule has 1 amide bonds. The molecule has 3 heterocycles. The van der Waals surface area contributed by atoms with Crippen LogP contribution in [0, 0.1) is 5.41 Å². The molecule has 5 heteroatoms. The van der Waals surface area contributed by atoms with E-state index in [9.17, 15) is 4.79 Å². The van der Waals surface area contributed by atoms with Gasteiger partial charge in [-0.15, -0.1) is 0 Å². The van der Waals surface area contributed by atoms with E-state index in [1.807, 2.05) is 0 Å². The van der Waals surface area contributed by atoms with Crippen molar-refractivity contribution in [2.24, 2.45) is 5.41 Å². The van der Waals surface area contributed by atoms with Gasteiger partial charge < -0.3 is 15.2 Å². The molecule has 5 nitrogen and oxygen atoms in total. The Kier molecular flexibility index (Phi) is 3.12. The van der Waals surface area contributed by atoms with E-state index < -0.39 is 0 Å². The number of hydrogen-bond donors (Lipinski definition) is 2. The Balaban J connectivity index is 1.61. The van der Waals surface area contributed by atoms with Gasteiger partial charge in [-0.25, -0.2) is 4.98 Å². The van der Waals surface area contributed by atoms with Gasteiger partial charge in [0.15, 0.2) is 0 Å². The Hall–Kier alpha value is -1.36. The Labute approximate surface area is 131 Å². The first-order valence-electron chi connectivity index (χ1n) is 8.57. The highest BCUT2D eigenvalue weighted by molar-refractivity contribution is 5.94. The summed E-state index contributed by atoms with van der Waals surface area (Å²) in [7, 11) is 0. The average Bonchev–Trinajstić information content (AvgIpc) is 2.90. The van der Waals surface area contributed by atoms with E-state index in [-0.39, 0.29) is 16.7 Å². The van der Waals surface area contributed by atoms with Crippen molar-refractivity contribution in [1.82, 2.24) is 20.2 Å². The second-order valence-electron chi connectivity index (χ2n) is 8.20. The van der Waals surface area contributed by atoms with Crippen molar-refractivity contribution < 1.29 is 4.79 Å². The van der Waals surface area contributed by atoms with Crippen molar-refractivity contribution in [3.63, 3.8) is 0 Å². The van der Waals surface area contributed by atoms with E-state index in [2.05, 4.69) is 29.0 Å². The molecular weight excluding hydrogens is 276 g/mol. The normalized spacial score (nSPS) is 26.4. The number of H-pyrrole nitrogens is 1. The van der Waals surface area contributed by atoms with E-state index in [4.69, 9.17) is 4.98 Å². The Morgan fingerprint density at radius 3 is 2.64 bits per heavy atom. The number of carbonyl (C=O) groups excluding carboxylic acids is 1. The van der Waals surface area contributed by atoms with E-state index in [1.54, 1.807) is 0 Å². The molecule has 1 aromatic rings. The molecule has 0 spiro atoms. The van der Waals surface area contributed by atoms with Crippen LogP contribution in [0.3, 0.4) is 0 Å². The summed E-state index contributed by atoms with van der Waals surface area (Å²) < 4.78 is 0. The maximum absolute atomic E-state index is 12.3. The maximum Gasteiger partial charge on any atom is 0.271 e. The third-order valence-electron chi connectivity index (χ3n) is 5.46. The molecule has 1 aliphatic carbocycles. The maximum atomic E-state index is 12.3. The number of amides is 1. The van der Waals surface area contributed by atoms with Gasteiger partial charge in [-0.05, 0) is 50.6 Å². The van der Waals surface area contributed by atoms with Crippen molar-refractivity contribution in [3.8, 4) is 0 Å². The molecule has 2 aliphatic heterocycles. The number of imidazole rings is 1. The van der Waals surface area contributed by atoms with Gasteiger partial charge in [-0.3, -0.25) is 4.79 Å². The monoisotopic (exact) mass is 302 g/mol. The van der Waals surface area contributed by atoms with Crippen LogP contribution in [0.4, 0.5) is 0 Å². The number of carbonyl (C=O) groups is 1. The van der Waals surface area contributed by atoms with Crippen molar-refractivity contribution in [2.45, 2.75) is 51.4 Å². The molecule has 0 bridgehead atoms. The molecule has 22 heavy (non-hydrogen) atoms. The standard InChI is InChI=1S/C17H26N4O/c1-16(2)9-12-13(14(22)18-10-16)20-15(19-12)17(5-6-17)11-21-7-3-4-8-21/h3-11H2,1-2H3,(H,18,22)(H,19,20). The van der Waals surface area contributed by atoms with Crippen LogP contribution in [-0.2, 0) is 11.8 Å². The summed E-state index contributed by atoms with van der Waals surface area (Å²) in [5, 5.41) is 3.02. The molecular formula is C17H26N4O. The van der Waals surface area contributed by atoms with Gasteiger partial charge in [0.05, 0.1) is 0 Å². The lowest BCUT2D eigenvalue weighted by atomic mass is 9.88. The second kappa shape index (κ2) is 4.82. The fourth-order valence-electron chi connectivity index (χ4n) is 3.91. The van der Waals surface area contributed by atoms with Crippen LogP contribution in [0.1, 0.15) is 61.5 Å². The Morgan fingerprint density at radius 1 is 1.23 bits per heavy atom. The van der Waals surface area contributed by atoms with E-state index >= 15 is 0 Å².